The van der Waals surface area contributed by atoms with Crippen molar-refractivity contribution in [1.29, 1.82) is 0 Å². The zero-order valence-corrected chi connectivity index (χ0v) is 7.69. The SMILES string of the molecule is [CH2]C(CCC)c1cccc(F)c1F. The Kier molecular flexibility index (Phi) is 3.40. The fourth-order valence-electron chi connectivity index (χ4n) is 1.34. The molecule has 1 unspecified atom stereocenters. The Morgan fingerprint density at radius 1 is 1.38 bits per heavy atom. The van der Waals surface area contributed by atoms with Gasteiger partial charge in [0.15, 0.2) is 11.6 Å². The molecule has 71 valence electrons. The van der Waals surface area contributed by atoms with E-state index >= 15 is 0 Å². The second-order valence-electron chi connectivity index (χ2n) is 3.13. The second-order valence-corrected chi connectivity index (χ2v) is 3.13. The minimum absolute atomic E-state index is 0.152. The first-order valence-electron chi connectivity index (χ1n) is 4.43. The molecule has 1 aromatic carbocycles. The Hall–Kier alpha value is -0.920. The summed E-state index contributed by atoms with van der Waals surface area (Å²) < 4.78 is 25.9. The standard InChI is InChI=1S/C11H13F2/c1-3-5-8(2)9-6-4-7-10(12)11(9)13/h4,6-8H,2-3,5H2,1H3. The molecule has 0 aliphatic rings. The van der Waals surface area contributed by atoms with Gasteiger partial charge in [0, 0.05) is 0 Å². The van der Waals surface area contributed by atoms with Crippen LogP contribution in [0.1, 0.15) is 31.2 Å². The highest BCUT2D eigenvalue weighted by molar-refractivity contribution is 5.23. The molecule has 0 heterocycles. The smallest absolute Gasteiger partial charge is 0.162 e. The van der Waals surface area contributed by atoms with E-state index in [1.807, 2.05) is 6.92 Å². The van der Waals surface area contributed by atoms with E-state index in [9.17, 15) is 8.78 Å². The van der Waals surface area contributed by atoms with Crippen LogP contribution in [0.2, 0.25) is 0 Å². The molecular formula is C11H13F2. The quantitative estimate of drug-likeness (QED) is 0.670. The monoisotopic (exact) mass is 183 g/mol. The van der Waals surface area contributed by atoms with E-state index in [-0.39, 0.29) is 5.92 Å². The van der Waals surface area contributed by atoms with Gasteiger partial charge in [-0.1, -0.05) is 25.5 Å². The van der Waals surface area contributed by atoms with E-state index in [0.29, 0.717) is 5.56 Å². The number of rotatable bonds is 3. The lowest BCUT2D eigenvalue weighted by Gasteiger charge is -2.11. The predicted octanol–water partition coefficient (Wildman–Crippen LogP) is 3.68. The molecule has 1 atom stereocenters. The largest absolute Gasteiger partial charge is 0.204 e. The second kappa shape index (κ2) is 4.35. The Bertz CT molecular complexity index is 281. The molecule has 2 heteroatoms. The Morgan fingerprint density at radius 2 is 2.08 bits per heavy atom. The highest BCUT2D eigenvalue weighted by atomic mass is 19.2. The Morgan fingerprint density at radius 3 is 2.69 bits per heavy atom. The maximum atomic E-state index is 13.2. The van der Waals surface area contributed by atoms with Crippen LogP contribution in [0.15, 0.2) is 18.2 Å². The lowest BCUT2D eigenvalue weighted by Crippen LogP contribution is -1.99. The summed E-state index contributed by atoms with van der Waals surface area (Å²) in [6.07, 6.45) is 1.70. The fraction of sp³-hybridized carbons (Fsp3) is 0.364. The van der Waals surface area contributed by atoms with E-state index in [0.717, 1.165) is 18.9 Å². The molecule has 0 aliphatic heterocycles. The molecule has 0 bridgehead atoms. The first kappa shape index (κ1) is 10.2. The van der Waals surface area contributed by atoms with Gasteiger partial charge >= 0.3 is 0 Å². The van der Waals surface area contributed by atoms with E-state index in [1.165, 1.54) is 6.07 Å². The van der Waals surface area contributed by atoms with E-state index < -0.39 is 11.6 Å². The maximum Gasteiger partial charge on any atom is 0.162 e. The molecule has 1 radical (unpaired) electrons. The molecule has 0 N–H and O–H groups in total. The molecule has 0 spiro atoms. The van der Waals surface area contributed by atoms with Crippen LogP contribution in [0, 0.1) is 18.6 Å². The van der Waals surface area contributed by atoms with Gasteiger partial charge in [0.05, 0.1) is 0 Å². The molecule has 0 saturated heterocycles. The number of hydrogen-bond donors (Lipinski definition) is 0. The average Bonchev–Trinajstić information content (AvgIpc) is 2.10. The third-order valence-corrected chi connectivity index (χ3v) is 2.06. The Labute approximate surface area is 77.6 Å². The average molecular weight is 183 g/mol. The van der Waals surface area contributed by atoms with Crippen LogP contribution in [-0.2, 0) is 0 Å². The molecule has 1 rings (SSSR count). The molecule has 0 saturated carbocycles. The van der Waals surface area contributed by atoms with Crippen molar-refractivity contribution in [1.82, 2.24) is 0 Å². The van der Waals surface area contributed by atoms with E-state index in [1.54, 1.807) is 6.07 Å². The van der Waals surface area contributed by atoms with Crippen molar-refractivity contribution in [2.45, 2.75) is 25.7 Å². The fourth-order valence-corrected chi connectivity index (χ4v) is 1.34. The summed E-state index contributed by atoms with van der Waals surface area (Å²) in [5.41, 5.74) is 0.377. The third-order valence-electron chi connectivity index (χ3n) is 2.06. The number of benzene rings is 1. The molecule has 0 fully saturated rings. The van der Waals surface area contributed by atoms with Crippen LogP contribution in [0.4, 0.5) is 8.78 Å². The zero-order chi connectivity index (χ0) is 9.84. The molecule has 0 aliphatic carbocycles. The minimum Gasteiger partial charge on any atom is -0.204 e. The highest BCUT2D eigenvalue weighted by Gasteiger charge is 2.12. The highest BCUT2D eigenvalue weighted by Crippen LogP contribution is 2.23. The first-order valence-corrected chi connectivity index (χ1v) is 4.43. The zero-order valence-electron chi connectivity index (χ0n) is 7.69. The molecule has 0 amide bonds. The lowest BCUT2D eigenvalue weighted by molar-refractivity contribution is 0.491. The van der Waals surface area contributed by atoms with E-state index in [4.69, 9.17) is 0 Å². The maximum absolute atomic E-state index is 13.2. The van der Waals surface area contributed by atoms with Crippen LogP contribution >= 0.6 is 0 Å². The van der Waals surface area contributed by atoms with Gasteiger partial charge in [-0.2, -0.15) is 0 Å². The van der Waals surface area contributed by atoms with Gasteiger partial charge in [-0.05, 0) is 30.9 Å². The summed E-state index contributed by atoms with van der Waals surface area (Å²) in [6, 6.07) is 4.23. The molecule has 1 aromatic rings. The van der Waals surface area contributed by atoms with Crippen molar-refractivity contribution in [2.75, 3.05) is 0 Å². The topological polar surface area (TPSA) is 0 Å². The van der Waals surface area contributed by atoms with Crippen LogP contribution in [0.3, 0.4) is 0 Å². The lowest BCUT2D eigenvalue weighted by atomic mass is 9.96. The van der Waals surface area contributed by atoms with Crippen molar-refractivity contribution in [2.24, 2.45) is 0 Å². The number of halogens is 2. The number of hydrogen-bond acceptors (Lipinski definition) is 0. The van der Waals surface area contributed by atoms with Gasteiger partial charge in [-0.15, -0.1) is 0 Å². The van der Waals surface area contributed by atoms with Gasteiger partial charge in [-0.3, -0.25) is 0 Å². The van der Waals surface area contributed by atoms with Gasteiger partial charge < -0.3 is 0 Å². The molecule has 0 nitrogen and oxygen atoms in total. The summed E-state index contributed by atoms with van der Waals surface area (Å²) in [7, 11) is 0. The van der Waals surface area contributed by atoms with Gasteiger partial charge in [0.25, 0.3) is 0 Å². The minimum atomic E-state index is -0.790. The Balaban J connectivity index is 2.93. The summed E-state index contributed by atoms with van der Waals surface area (Å²) in [5.74, 6) is -1.70. The third kappa shape index (κ3) is 2.27. The van der Waals surface area contributed by atoms with Crippen LogP contribution in [0.25, 0.3) is 0 Å². The van der Waals surface area contributed by atoms with Crippen LogP contribution < -0.4 is 0 Å². The summed E-state index contributed by atoms with van der Waals surface area (Å²) in [5, 5.41) is 0. The first-order chi connectivity index (χ1) is 6.16. The van der Waals surface area contributed by atoms with Crippen molar-refractivity contribution >= 4 is 0 Å². The van der Waals surface area contributed by atoms with Gasteiger partial charge in [-0.25, -0.2) is 8.78 Å². The van der Waals surface area contributed by atoms with Crippen LogP contribution in [0.5, 0.6) is 0 Å². The van der Waals surface area contributed by atoms with Crippen molar-refractivity contribution in [3.63, 3.8) is 0 Å². The predicted molar refractivity (Wildman–Crippen MR) is 49.4 cm³/mol. The molecule has 13 heavy (non-hydrogen) atoms. The summed E-state index contributed by atoms with van der Waals surface area (Å²) >= 11 is 0. The molecule has 0 aromatic heterocycles. The normalized spacial score (nSPS) is 12.9. The van der Waals surface area contributed by atoms with Crippen LogP contribution in [-0.4, -0.2) is 0 Å². The van der Waals surface area contributed by atoms with Crippen molar-refractivity contribution in [3.8, 4) is 0 Å². The molecular weight excluding hydrogens is 170 g/mol. The van der Waals surface area contributed by atoms with Crippen molar-refractivity contribution in [3.05, 3.63) is 42.3 Å². The van der Waals surface area contributed by atoms with Crippen molar-refractivity contribution < 1.29 is 8.78 Å². The summed E-state index contributed by atoms with van der Waals surface area (Å²) in [6.45, 7) is 5.79. The van der Waals surface area contributed by atoms with E-state index in [2.05, 4.69) is 6.92 Å². The van der Waals surface area contributed by atoms with Gasteiger partial charge in [0.1, 0.15) is 0 Å². The van der Waals surface area contributed by atoms with Gasteiger partial charge in [0.2, 0.25) is 0 Å². The summed E-state index contributed by atoms with van der Waals surface area (Å²) in [4.78, 5) is 0.